The zero-order valence-corrected chi connectivity index (χ0v) is 19.4. The van der Waals surface area contributed by atoms with Gasteiger partial charge in [0.15, 0.2) is 5.82 Å². The summed E-state index contributed by atoms with van der Waals surface area (Å²) in [7, 11) is 0. The number of carbonyl (C=O) groups excluding carboxylic acids is 1. The first-order chi connectivity index (χ1) is 14.8. The predicted molar refractivity (Wildman–Crippen MR) is 125 cm³/mol. The van der Waals surface area contributed by atoms with Gasteiger partial charge in [0, 0.05) is 5.69 Å². The zero-order valence-electron chi connectivity index (χ0n) is 18.5. The van der Waals surface area contributed by atoms with E-state index in [0.29, 0.717) is 16.9 Å². The van der Waals surface area contributed by atoms with Crippen molar-refractivity contribution in [1.29, 1.82) is 0 Å². The van der Waals surface area contributed by atoms with Crippen molar-refractivity contribution in [3.8, 4) is 5.75 Å². The summed E-state index contributed by atoms with van der Waals surface area (Å²) in [6, 6.07) is 13.9. The Kier molecular flexibility index (Phi) is 7.22. The summed E-state index contributed by atoms with van der Waals surface area (Å²) >= 11 is 1.25. The Morgan fingerprint density at radius 1 is 1.10 bits per heavy atom. The molecule has 0 spiro atoms. The molecule has 164 valence electrons. The van der Waals surface area contributed by atoms with E-state index in [0.717, 1.165) is 22.6 Å². The maximum atomic E-state index is 12.7. The number of nitrogen functional groups attached to an aromatic ring is 1. The van der Waals surface area contributed by atoms with Gasteiger partial charge in [-0.3, -0.25) is 4.79 Å². The summed E-state index contributed by atoms with van der Waals surface area (Å²) in [6.45, 7) is 10.2. The highest BCUT2D eigenvalue weighted by Gasteiger charge is 2.20. The summed E-state index contributed by atoms with van der Waals surface area (Å²) in [4.78, 5) is 12.7. The molecule has 0 radical (unpaired) electrons. The van der Waals surface area contributed by atoms with E-state index in [9.17, 15) is 4.79 Å². The lowest BCUT2D eigenvalue weighted by atomic mass is 10.0. The largest absolute Gasteiger partial charge is 0.486 e. The van der Waals surface area contributed by atoms with Crippen molar-refractivity contribution >= 4 is 23.4 Å². The molecule has 0 fully saturated rings. The number of hydrogen-bond donors (Lipinski definition) is 2. The number of rotatable bonds is 8. The molecular weight excluding hydrogens is 410 g/mol. The smallest absolute Gasteiger partial charge is 0.237 e. The number of para-hydroxylation sites is 1. The lowest BCUT2D eigenvalue weighted by Gasteiger charge is -2.15. The van der Waals surface area contributed by atoms with E-state index in [1.54, 1.807) is 0 Å². The van der Waals surface area contributed by atoms with Crippen molar-refractivity contribution in [3.63, 3.8) is 0 Å². The standard InChI is InChI=1S/C23H29N5O2S/c1-14(2)18-9-11-19(12-10-18)30-13-20-26-27-23(28(20)24)31-17(5)22(29)25-21-15(3)7-6-8-16(21)4/h6-12,14,17H,13,24H2,1-5H3,(H,25,29). The number of nitrogens with zero attached hydrogens (tertiary/aromatic N) is 3. The average Bonchev–Trinajstić information content (AvgIpc) is 3.08. The molecule has 3 rings (SSSR count). The van der Waals surface area contributed by atoms with Crippen LogP contribution in [0.2, 0.25) is 0 Å². The number of nitrogens with one attached hydrogen (secondary N) is 1. The van der Waals surface area contributed by atoms with Gasteiger partial charge in [0.1, 0.15) is 12.4 Å². The molecule has 1 aromatic heterocycles. The minimum atomic E-state index is -0.400. The Bertz CT molecular complexity index is 1030. The van der Waals surface area contributed by atoms with Crippen molar-refractivity contribution in [2.45, 2.75) is 57.5 Å². The number of hydrogen-bond acceptors (Lipinski definition) is 6. The van der Waals surface area contributed by atoms with Gasteiger partial charge in [-0.2, -0.15) is 0 Å². The van der Waals surface area contributed by atoms with Gasteiger partial charge in [0.05, 0.1) is 5.25 Å². The summed E-state index contributed by atoms with van der Waals surface area (Å²) in [6.07, 6.45) is 0. The van der Waals surface area contributed by atoms with Gasteiger partial charge < -0.3 is 15.9 Å². The van der Waals surface area contributed by atoms with Crippen LogP contribution in [0.25, 0.3) is 0 Å². The first-order valence-electron chi connectivity index (χ1n) is 10.2. The second-order valence-corrected chi connectivity index (χ2v) is 9.11. The maximum Gasteiger partial charge on any atom is 0.237 e. The lowest BCUT2D eigenvalue weighted by Crippen LogP contribution is -2.24. The Morgan fingerprint density at radius 2 is 1.74 bits per heavy atom. The molecule has 0 saturated heterocycles. The second kappa shape index (κ2) is 9.87. The first-order valence-corrected chi connectivity index (χ1v) is 11.1. The number of anilines is 1. The fourth-order valence-electron chi connectivity index (χ4n) is 3.03. The average molecular weight is 440 g/mol. The molecule has 1 unspecified atom stereocenters. The minimum Gasteiger partial charge on any atom is -0.486 e. The summed E-state index contributed by atoms with van der Waals surface area (Å²) in [5.74, 6) is 7.71. The molecule has 31 heavy (non-hydrogen) atoms. The SMILES string of the molecule is Cc1cccc(C)c1NC(=O)C(C)Sc1nnc(COc2ccc(C(C)C)cc2)n1N. The predicted octanol–water partition coefficient (Wildman–Crippen LogP) is 4.43. The number of amides is 1. The van der Waals surface area contributed by atoms with Gasteiger partial charge in [0.25, 0.3) is 0 Å². The normalized spacial score (nSPS) is 12.1. The van der Waals surface area contributed by atoms with Gasteiger partial charge >= 0.3 is 0 Å². The molecule has 0 saturated carbocycles. The van der Waals surface area contributed by atoms with Gasteiger partial charge in [0.2, 0.25) is 11.1 Å². The van der Waals surface area contributed by atoms with Crippen LogP contribution in [0.3, 0.4) is 0 Å². The van der Waals surface area contributed by atoms with E-state index in [4.69, 9.17) is 10.6 Å². The highest BCUT2D eigenvalue weighted by molar-refractivity contribution is 8.00. The second-order valence-electron chi connectivity index (χ2n) is 7.80. The van der Waals surface area contributed by atoms with Crippen LogP contribution in [-0.4, -0.2) is 26.0 Å². The summed E-state index contributed by atoms with van der Waals surface area (Å²) in [5, 5.41) is 11.3. The number of aromatic nitrogens is 3. The number of carbonyl (C=O) groups is 1. The summed E-state index contributed by atoms with van der Waals surface area (Å²) in [5.41, 5.74) is 4.13. The molecule has 0 aliphatic rings. The Balaban J connectivity index is 1.59. The van der Waals surface area contributed by atoms with Gasteiger partial charge in [-0.1, -0.05) is 55.9 Å². The quantitative estimate of drug-likeness (QED) is 0.398. The molecular formula is C23H29N5O2S. The summed E-state index contributed by atoms with van der Waals surface area (Å²) < 4.78 is 7.16. The van der Waals surface area contributed by atoms with E-state index < -0.39 is 5.25 Å². The fraction of sp³-hybridized carbons (Fsp3) is 0.348. The molecule has 1 amide bonds. The van der Waals surface area contributed by atoms with E-state index in [-0.39, 0.29) is 12.5 Å². The Hall–Kier alpha value is -3.00. The Labute approximate surface area is 187 Å². The van der Waals surface area contributed by atoms with Crippen molar-refractivity contribution in [2.75, 3.05) is 11.2 Å². The molecule has 0 bridgehead atoms. The molecule has 8 heteroatoms. The highest BCUT2D eigenvalue weighted by atomic mass is 32.2. The van der Waals surface area contributed by atoms with Crippen molar-refractivity contribution in [3.05, 3.63) is 65.0 Å². The van der Waals surface area contributed by atoms with Gasteiger partial charge in [-0.05, 0) is 55.5 Å². The van der Waals surface area contributed by atoms with E-state index in [1.165, 1.54) is 22.0 Å². The molecule has 2 aromatic carbocycles. The first kappa shape index (κ1) is 22.7. The zero-order chi connectivity index (χ0) is 22.5. The molecule has 0 aliphatic carbocycles. The lowest BCUT2D eigenvalue weighted by molar-refractivity contribution is -0.115. The maximum absolute atomic E-state index is 12.7. The topological polar surface area (TPSA) is 95.1 Å². The van der Waals surface area contributed by atoms with Crippen molar-refractivity contribution in [2.24, 2.45) is 0 Å². The van der Waals surface area contributed by atoms with Crippen LogP contribution in [-0.2, 0) is 11.4 Å². The number of ether oxygens (including phenoxy) is 1. The van der Waals surface area contributed by atoms with Crippen LogP contribution in [0.4, 0.5) is 5.69 Å². The van der Waals surface area contributed by atoms with Crippen LogP contribution in [0.15, 0.2) is 47.6 Å². The van der Waals surface area contributed by atoms with Crippen LogP contribution in [0, 0.1) is 13.8 Å². The minimum absolute atomic E-state index is 0.117. The number of benzene rings is 2. The number of nitrogens with two attached hydrogens (primary N) is 1. The van der Waals surface area contributed by atoms with E-state index in [2.05, 4.69) is 29.4 Å². The molecule has 0 aliphatic heterocycles. The highest BCUT2D eigenvalue weighted by Crippen LogP contribution is 2.25. The molecule has 3 aromatic rings. The van der Waals surface area contributed by atoms with Gasteiger partial charge in [-0.25, -0.2) is 4.68 Å². The van der Waals surface area contributed by atoms with Crippen molar-refractivity contribution in [1.82, 2.24) is 14.9 Å². The molecule has 7 nitrogen and oxygen atoms in total. The molecule has 1 heterocycles. The molecule has 1 atom stereocenters. The number of aryl methyl sites for hydroxylation is 2. The molecule has 3 N–H and O–H groups in total. The van der Waals surface area contributed by atoms with Crippen LogP contribution < -0.4 is 15.9 Å². The van der Waals surface area contributed by atoms with Gasteiger partial charge in [-0.15, -0.1) is 10.2 Å². The van der Waals surface area contributed by atoms with Crippen molar-refractivity contribution < 1.29 is 9.53 Å². The van der Waals surface area contributed by atoms with E-state index in [1.807, 2.05) is 63.2 Å². The third-order valence-corrected chi connectivity index (χ3v) is 6.09. The van der Waals surface area contributed by atoms with Crippen LogP contribution in [0.1, 0.15) is 49.2 Å². The fourth-order valence-corrected chi connectivity index (χ4v) is 3.82. The number of thioether (sulfide) groups is 1. The Morgan fingerprint density at radius 3 is 2.35 bits per heavy atom. The van der Waals surface area contributed by atoms with Crippen LogP contribution in [0.5, 0.6) is 5.75 Å². The third-order valence-electron chi connectivity index (χ3n) is 5.03. The van der Waals surface area contributed by atoms with Crippen LogP contribution >= 0.6 is 11.8 Å². The third kappa shape index (κ3) is 5.58. The monoisotopic (exact) mass is 439 g/mol. The van der Waals surface area contributed by atoms with E-state index >= 15 is 0 Å².